The summed E-state index contributed by atoms with van der Waals surface area (Å²) in [5, 5.41) is 12.8. The summed E-state index contributed by atoms with van der Waals surface area (Å²) in [7, 11) is 0. The van der Waals surface area contributed by atoms with Crippen molar-refractivity contribution in [2.24, 2.45) is 10.9 Å². The molecule has 1 aliphatic heterocycles. The van der Waals surface area contributed by atoms with Crippen molar-refractivity contribution in [3.63, 3.8) is 0 Å². The molecule has 4 nitrogen and oxygen atoms in total. The molecule has 0 aromatic rings. The fourth-order valence-corrected chi connectivity index (χ4v) is 3.57. The smallest absolute Gasteiger partial charge is 0.121 e. The van der Waals surface area contributed by atoms with Crippen LogP contribution in [0.15, 0.2) is 4.99 Å². The first-order valence-corrected chi connectivity index (χ1v) is 7.77. The van der Waals surface area contributed by atoms with Gasteiger partial charge < -0.3 is 10.5 Å². The normalized spacial score (nSPS) is 33.8. The minimum absolute atomic E-state index is 0.282. The van der Waals surface area contributed by atoms with Gasteiger partial charge in [0.05, 0.1) is 23.4 Å². The Labute approximate surface area is 128 Å². The van der Waals surface area contributed by atoms with Crippen molar-refractivity contribution in [3.05, 3.63) is 0 Å². The fourth-order valence-electron chi connectivity index (χ4n) is 2.73. The minimum Gasteiger partial charge on any atom is -0.387 e. The van der Waals surface area contributed by atoms with E-state index in [9.17, 15) is 5.11 Å². The van der Waals surface area contributed by atoms with Crippen LogP contribution >= 0.6 is 34.8 Å². The van der Waals surface area contributed by atoms with Gasteiger partial charge in [0.2, 0.25) is 0 Å². The van der Waals surface area contributed by atoms with Crippen LogP contribution in [0.1, 0.15) is 32.1 Å². The van der Waals surface area contributed by atoms with Crippen molar-refractivity contribution in [1.82, 2.24) is 10.4 Å². The number of nitrogens with one attached hydrogen (secondary N) is 1. The van der Waals surface area contributed by atoms with Crippen LogP contribution in [-0.4, -0.2) is 44.5 Å². The third kappa shape index (κ3) is 2.84. The molecule has 3 aliphatic rings. The van der Waals surface area contributed by atoms with Crippen molar-refractivity contribution >= 4 is 41.1 Å². The second-order valence-electron chi connectivity index (χ2n) is 5.98. The summed E-state index contributed by atoms with van der Waals surface area (Å²) in [6, 6.07) is 0. The van der Waals surface area contributed by atoms with Crippen LogP contribution in [0.25, 0.3) is 0 Å². The van der Waals surface area contributed by atoms with Gasteiger partial charge in [-0.1, -0.05) is 0 Å². The number of hydrogen-bond acceptors (Lipinski definition) is 4. The molecule has 3 rings (SSSR count). The largest absolute Gasteiger partial charge is 0.387 e. The number of β-amino-alcohol motifs (C(OH)–C–C–N with tert-alkyl or cyclic N) is 1. The lowest BCUT2D eigenvalue weighted by atomic mass is 9.90. The molecule has 0 amide bonds. The molecule has 2 unspecified atom stereocenters. The third-order valence-corrected chi connectivity index (χ3v) is 6.08. The zero-order chi connectivity index (χ0) is 13.7. The Morgan fingerprint density at radius 3 is 2.58 bits per heavy atom. The monoisotopic (exact) mass is 325 g/mol. The molecular formula is C12H18Cl3N3O. The van der Waals surface area contributed by atoms with E-state index in [2.05, 4.69) is 10.4 Å². The lowest BCUT2D eigenvalue weighted by Gasteiger charge is -2.36. The van der Waals surface area contributed by atoms with Crippen molar-refractivity contribution in [2.45, 2.75) is 46.9 Å². The van der Waals surface area contributed by atoms with Gasteiger partial charge in [-0.3, -0.25) is 4.99 Å². The highest BCUT2D eigenvalue weighted by Gasteiger charge is 2.59. The Kier molecular flexibility index (Phi) is 3.47. The molecule has 19 heavy (non-hydrogen) atoms. The highest BCUT2D eigenvalue weighted by molar-refractivity contribution is 6.50. The zero-order valence-corrected chi connectivity index (χ0v) is 12.8. The van der Waals surface area contributed by atoms with Crippen molar-refractivity contribution in [3.8, 4) is 0 Å². The molecule has 7 heteroatoms. The maximum atomic E-state index is 11.0. The summed E-state index contributed by atoms with van der Waals surface area (Å²) in [5.41, 5.74) is 2.09. The average molecular weight is 327 g/mol. The van der Waals surface area contributed by atoms with Crippen LogP contribution in [0, 0.1) is 5.92 Å². The summed E-state index contributed by atoms with van der Waals surface area (Å²) >= 11 is 18.6. The highest BCUT2D eigenvalue weighted by Crippen LogP contribution is 2.58. The van der Waals surface area contributed by atoms with Crippen LogP contribution < -0.4 is 5.43 Å². The zero-order valence-electron chi connectivity index (χ0n) is 10.6. The average Bonchev–Trinajstić information content (AvgIpc) is 3.14. The minimum atomic E-state index is -0.915. The predicted molar refractivity (Wildman–Crippen MR) is 77.7 cm³/mol. The summed E-state index contributed by atoms with van der Waals surface area (Å²) < 4.78 is -0.584. The Morgan fingerprint density at radius 2 is 2.11 bits per heavy atom. The molecule has 2 fully saturated rings. The van der Waals surface area contributed by atoms with E-state index in [1.54, 1.807) is 6.34 Å². The van der Waals surface area contributed by atoms with Gasteiger partial charge in [0, 0.05) is 0 Å². The highest BCUT2D eigenvalue weighted by atomic mass is 35.5. The molecule has 0 aromatic heterocycles. The first kappa shape index (κ1) is 14.2. The van der Waals surface area contributed by atoms with Gasteiger partial charge >= 0.3 is 0 Å². The first-order valence-electron chi connectivity index (χ1n) is 6.63. The predicted octanol–water partition coefficient (Wildman–Crippen LogP) is 2.27. The van der Waals surface area contributed by atoms with Crippen LogP contribution in [0.4, 0.5) is 0 Å². The van der Waals surface area contributed by atoms with Crippen LogP contribution in [0.3, 0.4) is 0 Å². The number of hydrazine groups is 1. The number of aliphatic hydroxyl groups is 1. The van der Waals surface area contributed by atoms with E-state index in [0.29, 0.717) is 19.6 Å². The summed E-state index contributed by atoms with van der Waals surface area (Å²) in [6.45, 7) is 1.02. The Hall–Kier alpha value is 0.260. The van der Waals surface area contributed by atoms with Crippen molar-refractivity contribution in [1.29, 1.82) is 0 Å². The summed E-state index contributed by atoms with van der Waals surface area (Å²) in [5.74, 6) is 0.282. The van der Waals surface area contributed by atoms with E-state index in [4.69, 9.17) is 34.8 Å². The van der Waals surface area contributed by atoms with E-state index in [0.717, 1.165) is 25.7 Å². The number of nitrogens with zero attached hydrogens (tertiary/aromatic N) is 2. The van der Waals surface area contributed by atoms with Crippen LogP contribution in [0.2, 0.25) is 0 Å². The van der Waals surface area contributed by atoms with E-state index in [1.165, 1.54) is 0 Å². The number of rotatable bonds is 6. The lowest BCUT2D eigenvalue weighted by molar-refractivity contribution is -0.0202. The van der Waals surface area contributed by atoms with Gasteiger partial charge in [-0.05, 0) is 38.0 Å². The quantitative estimate of drug-likeness (QED) is 0.736. The lowest BCUT2D eigenvalue weighted by Crippen LogP contribution is -2.53. The van der Waals surface area contributed by atoms with E-state index in [-0.39, 0.29) is 5.92 Å². The first-order chi connectivity index (χ1) is 8.85. The van der Waals surface area contributed by atoms with E-state index in [1.807, 2.05) is 5.01 Å². The summed E-state index contributed by atoms with van der Waals surface area (Å²) in [4.78, 5) is 3.58. The maximum Gasteiger partial charge on any atom is 0.121 e. The second-order valence-corrected chi connectivity index (χ2v) is 8.24. The van der Waals surface area contributed by atoms with Gasteiger partial charge in [0.15, 0.2) is 0 Å². The van der Waals surface area contributed by atoms with Gasteiger partial charge in [-0.25, -0.2) is 0 Å². The third-order valence-electron chi connectivity index (χ3n) is 4.42. The van der Waals surface area contributed by atoms with Gasteiger partial charge in [0.1, 0.15) is 11.0 Å². The second kappa shape index (κ2) is 4.63. The molecule has 0 radical (unpaired) electrons. The molecule has 0 saturated heterocycles. The number of halogens is 3. The topological polar surface area (TPSA) is 47.9 Å². The molecule has 2 atom stereocenters. The maximum absolute atomic E-state index is 11.0. The standard InChI is InChI=1S/C12H18Cl3N3O/c13-10(3-4-10)11(19,6-18-8-16-7-17-18)2-1-9-5-12(9,14)15/h7,9,19H,1-6,8H2,(H,16,17). The summed E-state index contributed by atoms with van der Waals surface area (Å²) in [6.07, 6.45) is 5.60. The molecule has 108 valence electrons. The number of hydrogen-bond donors (Lipinski definition) is 2. The number of alkyl halides is 3. The molecule has 2 aliphatic carbocycles. The van der Waals surface area contributed by atoms with Gasteiger partial charge in [-0.15, -0.1) is 34.8 Å². The van der Waals surface area contributed by atoms with E-state index < -0.39 is 14.8 Å². The van der Waals surface area contributed by atoms with Gasteiger partial charge in [-0.2, -0.15) is 5.01 Å². The fraction of sp³-hybridized carbons (Fsp3) is 0.917. The van der Waals surface area contributed by atoms with Crippen molar-refractivity contribution < 1.29 is 5.11 Å². The van der Waals surface area contributed by atoms with Crippen LogP contribution in [-0.2, 0) is 0 Å². The SMILES string of the molecule is OC(CCC1CC1(Cl)Cl)(CN1CN=CN1)C1(Cl)CC1. The Morgan fingerprint density at radius 1 is 1.42 bits per heavy atom. The molecule has 0 spiro atoms. The molecule has 0 aromatic carbocycles. The van der Waals surface area contributed by atoms with Crippen molar-refractivity contribution in [2.75, 3.05) is 13.2 Å². The Bertz CT molecular complexity index is 392. The molecular weight excluding hydrogens is 309 g/mol. The molecule has 1 heterocycles. The van der Waals surface area contributed by atoms with Gasteiger partial charge in [0.25, 0.3) is 0 Å². The van der Waals surface area contributed by atoms with E-state index >= 15 is 0 Å². The Balaban J connectivity index is 1.60. The van der Waals surface area contributed by atoms with Crippen LogP contribution in [0.5, 0.6) is 0 Å². The molecule has 2 saturated carbocycles. The molecule has 2 N–H and O–H groups in total. The molecule has 0 bridgehead atoms. The number of aliphatic imine (C=N–C) groups is 1.